The maximum atomic E-state index is 12.1. The summed E-state index contributed by atoms with van der Waals surface area (Å²) >= 11 is 3.33. The van der Waals surface area contributed by atoms with E-state index in [1.807, 2.05) is 19.1 Å². The zero-order valence-electron chi connectivity index (χ0n) is 11.1. The van der Waals surface area contributed by atoms with Crippen molar-refractivity contribution in [1.29, 1.82) is 0 Å². The molecular weight excluding hydrogens is 324 g/mol. The van der Waals surface area contributed by atoms with Gasteiger partial charge >= 0.3 is 5.91 Å². The van der Waals surface area contributed by atoms with Crippen LogP contribution in [-0.4, -0.2) is 49.1 Å². The fourth-order valence-electron chi connectivity index (χ4n) is 2.63. The van der Waals surface area contributed by atoms with E-state index >= 15 is 0 Å². The van der Waals surface area contributed by atoms with Crippen LogP contribution in [-0.2, 0) is 9.53 Å². The first-order valence-electron chi connectivity index (χ1n) is 6.56. The summed E-state index contributed by atoms with van der Waals surface area (Å²) in [6, 6.07) is 5.36. The van der Waals surface area contributed by atoms with Crippen LogP contribution in [0.3, 0.4) is 0 Å². The molecule has 1 amide bonds. The highest BCUT2D eigenvalue weighted by atomic mass is 79.9. The molecule has 1 saturated heterocycles. The Balaban J connectivity index is 1.84. The number of rotatable bonds is 2. The third kappa shape index (κ3) is 2.39. The lowest BCUT2D eigenvalue weighted by Crippen LogP contribution is -2.48. The molecule has 0 spiro atoms. The average Bonchev–Trinajstić information content (AvgIpc) is 2.64. The van der Waals surface area contributed by atoms with Crippen LogP contribution in [0.15, 0.2) is 22.7 Å². The summed E-state index contributed by atoms with van der Waals surface area (Å²) in [6.45, 7) is 4.64. The molecule has 2 heterocycles. The molecule has 1 aromatic carbocycles. The number of hydrogen-bond donors (Lipinski definition) is 0. The number of benzene rings is 1. The Labute approximate surface area is 125 Å². The quantitative estimate of drug-likeness (QED) is 0.769. The van der Waals surface area contributed by atoms with Crippen LogP contribution in [0, 0.1) is 0 Å². The highest BCUT2D eigenvalue weighted by molar-refractivity contribution is 9.10. The third-order valence-electron chi connectivity index (χ3n) is 3.60. The lowest BCUT2D eigenvalue weighted by molar-refractivity contribution is -0.115. The van der Waals surface area contributed by atoms with E-state index in [9.17, 15) is 9.59 Å². The molecule has 6 heteroatoms. The number of ketones is 1. The van der Waals surface area contributed by atoms with Gasteiger partial charge in [-0.3, -0.25) is 19.4 Å². The largest absolute Gasteiger partial charge is 0.376 e. The van der Waals surface area contributed by atoms with Gasteiger partial charge in [0.1, 0.15) is 0 Å². The molecule has 0 saturated carbocycles. The number of morpholine rings is 1. The van der Waals surface area contributed by atoms with E-state index in [4.69, 9.17) is 4.74 Å². The topological polar surface area (TPSA) is 49.9 Å². The number of hydrogen-bond acceptors (Lipinski definition) is 4. The van der Waals surface area contributed by atoms with Crippen LogP contribution >= 0.6 is 15.9 Å². The molecule has 0 aliphatic carbocycles. The molecule has 106 valence electrons. The highest BCUT2D eigenvalue weighted by Gasteiger charge is 2.37. The number of fused-ring (bicyclic) bond motifs is 1. The molecule has 1 fully saturated rings. The summed E-state index contributed by atoms with van der Waals surface area (Å²) in [4.78, 5) is 27.8. The molecule has 0 bridgehead atoms. The number of amides is 1. The molecular formula is C14H15BrN2O3. The second-order valence-electron chi connectivity index (χ2n) is 5.12. The number of halogens is 1. The first-order chi connectivity index (χ1) is 9.56. The van der Waals surface area contributed by atoms with Crippen LogP contribution in [0.1, 0.15) is 17.3 Å². The summed E-state index contributed by atoms with van der Waals surface area (Å²) in [5.41, 5.74) is 1.17. The van der Waals surface area contributed by atoms with Crippen LogP contribution in [0.4, 0.5) is 5.69 Å². The second kappa shape index (κ2) is 5.27. The van der Waals surface area contributed by atoms with Crippen molar-refractivity contribution in [2.75, 3.05) is 31.3 Å². The maximum absolute atomic E-state index is 12.1. The Morgan fingerprint density at radius 2 is 2.20 bits per heavy atom. The summed E-state index contributed by atoms with van der Waals surface area (Å²) in [7, 11) is 0. The standard InChI is InChI=1S/C14H15BrN2O3/c1-9-7-16(4-5-20-9)8-17-12-3-2-10(15)6-11(12)13(18)14(17)19/h2-3,6,9H,4-5,7-8H2,1H3. The lowest BCUT2D eigenvalue weighted by Gasteiger charge is -2.33. The predicted molar refractivity (Wildman–Crippen MR) is 77.8 cm³/mol. The molecule has 2 aliphatic rings. The summed E-state index contributed by atoms with van der Waals surface area (Å²) in [6.07, 6.45) is 0.154. The van der Waals surface area contributed by atoms with Gasteiger partial charge in [0.2, 0.25) is 0 Å². The Kier molecular flexibility index (Phi) is 3.62. The Bertz CT molecular complexity index is 576. The minimum absolute atomic E-state index is 0.154. The van der Waals surface area contributed by atoms with Gasteiger partial charge in [0.25, 0.3) is 5.78 Å². The Morgan fingerprint density at radius 3 is 2.95 bits per heavy atom. The molecule has 2 aliphatic heterocycles. The van der Waals surface area contributed by atoms with E-state index in [2.05, 4.69) is 20.8 Å². The van der Waals surface area contributed by atoms with Crippen molar-refractivity contribution < 1.29 is 14.3 Å². The average molecular weight is 339 g/mol. The number of anilines is 1. The van der Waals surface area contributed by atoms with Gasteiger partial charge in [0.05, 0.1) is 30.6 Å². The van der Waals surface area contributed by atoms with Crippen molar-refractivity contribution in [2.45, 2.75) is 13.0 Å². The van der Waals surface area contributed by atoms with E-state index in [-0.39, 0.29) is 6.10 Å². The number of ether oxygens (including phenoxy) is 1. The molecule has 3 rings (SSSR count). The number of nitrogens with zero attached hydrogens (tertiary/aromatic N) is 2. The molecule has 1 aromatic rings. The number of carbonyl (C=O) groups is 2. The van der Waals surface area contributed by atoms with E-state index < -0.39 is 11.7 Å². The van der Waals surface area contributed by atoms with E-state index in [1.165, 1.54) is 0 Å². The zero-order valence-corrected chi connectivity index (χ0v) is 12.7. The molecule has 0 aromatic heterocycles. The van der Waals surface area contributed by atoms with Crippen molar-refractivity contribution in [3.63, 3.8) is 0 Å². The van der Waals surface area contributed by atoms with E-state index in [1.54, 1.807) is 11.0 Å². The highest BCUT2D eigenvalue weighted by Crippen LogP contribution is 2.31. The van der Waals surface area contributed by atoms with Gasteiger partial charge in [0, 0.05) is 17.6 Å². The van der Waals surface area contributed by atoms with Gasteiger partial charge in [-0.15, -0.1) is 0 Å². The summed E-state index contributed by atoms with van der Waals surface area (Å²) in [5, 5.41) is 0. The van der Waals surface area contributed by atoms with Crippen LogP contribution in [0.5, 0.6) is 0 Å². The van der Waals surface area contributed by atoms with Gasteiger partial charge in [0.15, 0.2) is 0 Å². The van der Waals surface area contributed by atoms with Crippen molar-refractivity contribution in [2.24, 2.45) is 0 Å². The van der Waals surface area contributed by atoms with Crippen LogP contribution in [0.2, 0.25) is 0 Å². The Hall–Kier alpha value is -1.24. The predicted octanol–water partition coefficient (Wildman–Crippen LogP) is 1.66. The molecule has 1 atom stereocenters. The summed E-state index contributed by atoms with van der Waals surface area (Å²) < 4.78 is 6.29. The second-order valence-corrected chi connectivity index (χ2v) is 6.04. The minimum Gasteiger partial charge on any atom is -0.376 e. The smallest absolute Gasteiger partial charge is 0.300 e. The van der Waals surface area contributed by atoms with Crippen molar-refractivity contribution in [3.05, 3.63) is 28.2 Å². The van der Waals surface area contributed by atoms with Crippen LogP contribution in [0.25, 0.3) is 0 Å². The van der Waals surface area contributed by atoms with Crippen molar-refractivity contribution in [1.82, 2.24) is 4.90 Å². The van der Waals surface area contributed by atoms with E-state index in [0.717, 1.165) is 17.6 Å². The molecule has 20 heavy (non-hydrogen) atoms. The maximum Gasteiger partial charge on any atom is 0.300 e. The van der Waals surface area contributed by atoms with Gasteiger partial charge in [-0.2, -0.15) is 0 Å². The normalized spacial score (nSPS) is 23.3. The number of Topliss-reactive ketones (excluding diaryl/α,β-unsaturated/α-hetero) is 1. The van der Waals surface area contributed by atoms with Gasteiger partial charge < -0.3 is 4.74 Å². The fourth-order valence-corrected chi connectivity index (χ4v) is 2.99. The van der Waals surface area contributed by atoms with Crippen LogP contribution < -0.4 is 4.90 Å². The fraction of sp³-hybridized carbons (Fsp3) is 0.429. The molecule has 0 radical (unpaired) electrons. The molecule has 5 nitrogen and oxygen atoms in total. The first-order valence-corrected chi connectivity index (χ1v) is 7.35. The van der Waals surface area contributed by atoms with Gasteiger partial charge in [-0.25, -0.2) is 0 Å². The van der Waals surface area contributed by atoms with Gasteiger partial charge in [-0.05, 0) is 25.1 Å². The monoisotopic (exact) mass is 338 g/mol. The SMILES string of the molecule is CC1CN(CN2C(=O)C(=O)c3cc(Br)ccc32)CCO1. The molecule has 0 N–H and O–H groups in total. The van der Waals surface area contributed by atoms with E-state index in [0.29, 0.717) is 24.5 Å². The number of carbonyl (C=O) groups excluding carboxylic acids is 2. The van der Waals surface area contributed by atoms with Crippen molar-refractivity contribution >= 4 is 33.3 Å². The first kappa shape index (κ1) is 13.7. The lowest BCUT2D eigenvalue weighted by atomic mass is 10.1. The molecule has 1 unspecified atom stereocenters. The third-order valence-corrected chi connectivity index (χ3v) is 4.09. The van der Waals surface area contributed by atoms with Crippen molar-refractivity contribution in [3.8, 4) is 0 Å². The van der Waals surface area contributed by atoms with Gasteiger partial charge in [-0.1, -0.05) is 15.9 Å². The Morgan fingerprint density at radius 1 is 1.40 bits per heavy atom. The summed E-state index contributed by atoms with van der Waals surface area (Å²) in [5.74, 6) is -0.875. The zero-order chi connectivity index (χ0) is 14.3. The minimum atomic E-state index is -0.447.